The highest BCUT2D eigenvalue weighted by Gasteiger charge is 2.10. The van der Waals surface area contributed by atoms with Crippen molar-refractivity contribution in [3.63, 3.8) is 0 Å². The maximum Gasteiger partial charge on any atom is 0.267 e. The van der Waals surface area contributed by atoms with E-state index in [1.54, 1.807) is 4.57 Å². The number of hydrogen-bond donors (Lipinski definition) is 1. The lowest BCUT2D eigenvalue weighted by Gasteiger charge is -2.07. The van der Waals surface area contributed by atoms with Crippen LogP contribution in [0.1, 0.15) is 24.3 Å². The maximum absolute atomic E-state index is 11.6. The molecule has 0 aliphatic rings. The highest BCUT2D eigenvalue weighted by Crippen LogP contribution is 2.13. The van der Waals surface area contributed by atoms with E-state index in [9.17, 15) is 4.79 Å². The number of nitrogens with zero attached hydrogens (tertiary/aromatic N) is 1. The third-order valence-corrected chi connectivity index (χ3v) is 2.31. The zero-order chi connectivity index (χ0) is 10.7. The van der Waals surface area contributed by atoms with Crippen molar-refractivity contribution >= 4 is 21.8 Å². The number of amides is 1. The van der Waals surface area contributed by atoms with E-state index in [4.69, 9.17) is 0 Å². The fourth-order valence-electron chi connectivity index (χ4n) is 1.14. The van der Waals surface area contributed by atoms with Gasteiger partial charge in [-0.25, -0.2) is 0 Å². The summed E-state index contributed by atoms with van der Waals surface area (Å²) in [4.78, 5) is 11.6. The van der Waals surface area contributed by atoms with Crippen molar-refractivity contribution in [2.45, 2.75) is 13.8 Å². The molecule has 3 nitrogen and oxygen atoms in total. The Morgan fingerprint density at radius 1 is 1.64 bits per heavy atom. The van der Waals surface area contributed by atoms with Crippen molar-refractivity contribution < 1.29 is 4.79 Å². The van der Waals surface area contributed by atoms with Gasteiger partial charge in [-0.05, 0) is 27.9 Å². The van der Waals surface area contributed by atoms with Crippen LogP contribution >= 0.6 is 15.9 Å². The summed E-state index contributed by atoms with van der Waals surface area (Å²) < 4.78 is 2.73. The van der Waals surface area contributed by atoms with Gasteiger partial charge >= 0.3 is 0 Å². The molecular formula is C10H15BrN2O. The average Bonchev–Trinajstić information content (AvgIpc) is 2.41. The van der Waals surface area contributed by atoms with Crippen molar-refractivity contribution in [3.8, 4) is 0 Å². The summed E-state index contributed by atoms with van der Waals surface area (Å²) in [6.45, 7) is 4.85. The summed E-state index contributed by atoms with van der Waals surface area (Å²) in [5.74, 6) is 0.453. The molecule has 0 aromatic carbocycles. The molecule has 0 saturated carbocycles. The number of carbonyl (C=O) groups excluding carboxylic acids is 1. The van der Waals surface area contributed by atoms with Crippen molar-refractivity contribution in [2.75, 3.05) is 6.54 Å². The molecule has 0 atom stereocenters. The van der Waals surface area contributed by atoms with Crippen LogP contribution in [0.15, 0.2) is 16.7 Å². The Kier molecular flexibility index (Phi) is 3.75. The van der Waals surface area contributed by atoms with Gasteiger partial charge in [-0.3, -0.25) is 4.79 Å². The largest absolute Gasteiger partial charge is 0.351 e. The minimum absolute atomic E-state index is 0.0214. The molecule has 1 aromatic heterocycles. The lowest BCUT2D eigenvalue weighted by atomic mass is 10.2. The molecular weight excluding hydrogens is 244 g/mol. The molecule has 0 radical (unpaired) electrons. The van der Waals surface area contributed by atoms with Crippen molar-refractivity contribution in [3.05, 3.63) is 22.4 Å². The molecule has 14 heavy (non-hydrogen) atoms. The number of halogens is 1. The number of nitrogens with one attached hydrogen (secondary N) is 1. The van der Waals surface area contributed by atoms with Gasteiger partial charge in [0.05, 0.1) is 0 Å². The van der Waals surface area contributed by atoms with Crippen LogP contribution in [0, 0.1) is 5.92 Å². The number of carbonyl (C=O) groups is 1. The Morgan fingerprint density at radius 3 is 2.71 bits per heavy atom. The second-order valence-corrected chi connectivity index (χ2v) is 4.67. The predicted molar refractivity (Wildman–Crippen MR) is 60.3 cm³/mol. The SMILES string of the molecule is CC(C)CNC(=O)c1cc(Br)cn1C. The zero-order valence-electron chi connectivity index (χ0n) is 8.67. The molecule has 0 unspecified atom stereocenters. The van der Waals surface area contributed by atoms with Gasteiger partial charge in [0.2, 0.25) is 0 Å². The summed E-state index contributed by atoms with van der Waals surface area (Å²) in [5, 5.41) is 2.87. The van der Waals surface area contributed by atoms with Crippen molar-refractivity contribution in [1.29, 1.82) is 0 Å². The fourth-order valence-corrected chi connectivity index (χ4v) is 1.66. The van der Waals surface area contributed by atoms with E-state index in [0.29, 0.717) is 18.2 Å². The van der Waals surface area contributed by atoms with Gasteiger partial charge in [0.1, 0.15) is 5.69 Å². The topological polar surface area (TPSA) is 34.0 Å². The molecule has 0 aliphatic heterocycles. The Labute approximate surface area is 92.6 Å². The average molecular weight is 259 g/mol. The molecule has 1 N–H and O–H groups in total. The first kappa shape index (κ1) is 11.3. The van der Waals surface area contributed by atoms with Crippen LogP contribution in [0.5, 0.6) is 0 Å². The van der Waals surface area contributed by atoms with Gasteiger partial charge in [-0.1, -0.05) is 13.8 Å². The summed E-state index contributed by atoms with van der Waals surface area (Å²) in [6, 6.07) is 1.82. The Morgan fingerprint density at radius 2 is 2.29 bits per heavy atom. The molecule has 78 valence electrons. The fraction of sp³-hybridized carbons (Fsp3) is 0.500. The molecule has 0 aliphatic carbocycles. The lowest BCUT2D eigenvalue weighted by Crippen LogP contribution is -2.28. The zero-order valence-corrected chi connectivity index (χ0v) is 10.3. The smallest absolute Gasteiger partial charge is 0.267 e. The van der Waals surface area contributed by atoms with E-state index in [0.717, 1.165) is 4.47 Å². The van der Waals surface area contributed by atoms with Crippen LogP contribution in [0.2, 0.25) is 0 Å². The third kappa shape index (κ3) is 2.87. The second kappa shape index (κ2) is 4.64. The molecule has 1 aromatic rings. The number of aromatic nitrogens is 1. The monoisotopic (exact) mass is 258 g/mol. The molecule has 1 heterocycles. The molecule has 1 rings (SSSR count). The normalized spacial score (nSPS) is 10.6. The predicted octanol–water partition coefficient (Wildman–Crippen LogP) is 2.17. The van der Waals surface area contributed by atoms with Gasteiger partial charge in [-0.15, -0.1) is 0 Å². The Bertz CT molecular complexity index is 331. The molecule has 0 bridgehead atoms. The van der Waals surface area contributed by atoms with E-state index in [2.05, 4.69) is 35.1 Å². The van der Waals surface area contributed by atoms with Crippen molar-refractivity contribution in [1.82, 2.24) is 9.88 Å². The van der Waals surface area contributed by atoms with Gasteiger partial charge in [-0.2, -0.15) is 0 Å². The van der Waals surface area contributed by atoms with E-state index in [1.807, 2.05) is 19.3 Å². The minimum Gasteiger partial charge on any atom is -0.351 e. The van der Waals surface area contributed by atoms with Gasteiger partial charge in [0, 0.05) is 24.3 Å². The van der Waals surface area contributed by atoms with E-state index in [-0.39, 0.29) is 5.91 Å². The summed E-state index contributed by atoms with van der Waals surface area (Å²) >= 11 is 3.33. The van der Waals surface area contributed by atoms with E-state index < -0.39 is 0 Å². The molecule has 4 heteroatoms. The van der Waals surface area contributed by atoms with Gasteiger partial charge in [0.15, 0.2) is 0 Å². The first-order valence-corrected chi connectivity index (χ1v) is 5.40. The maximum atomic E-state index is 11.6. The lowest BCUT2D eigenvalue weighted by molar-refractivity contribution is 0.0941. The first-order chi connectivity index (χ1) is 6.50. The third-order valence-electron chi connectivity index (χ3n) is 1.88. The second-order valence-electron chi connectivity index (χ2n) is 3.76. The van der Waals surface area contributed by atoms with E-state index >= 15 is 0 Å². The standard InChI is InChI=1S/C10H15BrN2O/c1-7(2)5-12-10(14)9-4-8(11)6-13(9)3/h4,6-7H,5H2,1-3H3,(H,12,14). The molecule has 0 fully saturated rings. The van der Waals surface area contributed by atoms with Crippen LogP contribution in [-0.4, -0.2) is 17.0 Å². The number of hydrogen-bond acceptors (Lipinski definition) is 1. The Balaban J connectivity index is 2.65. The van der Waals surface area contributed by atoms with Crippen LogP contribution in [0.4, 0.5) is 0 Å². The molecule has 1 amide bonds. The quantitative estimate of drug-likeness (QED) is 0.886. The minimum atomic E-state index is -0.0214. The van der Waals surface area contributed by atoms with Crippen LogP contribution in [-0.2, 0) is 7.05 Å². The van der Waals surface area contributed by atoms with Crippen LogP contribution in [0.3, 0.4) is 0 Å². The summed E-state index contributed by atoms with van der Waals surface area (Å²) in [7, 11) is 1.86. The summed E-state index contributed by atoms with van der Waals surface area (Å²) in [5.41, 5.74) is 0.678. The summed E-state index contributed by atoms with van der Waals surface area (Å²) in [6.07, 6.45) is 1.87. The molecule has 0 saturated heterocycles. The number of rotatable bonds is 3. The Hall–Kier alpha value is -0.770. The first-order valence-electron chi connectivity index (χ1n) is 4.60. The van der Waals surface area contributed by atoms with E-state index in [1.165, 1.54) is 0 Å². The highest BCUT2D eigenvalue weighted by atomic mass is 79.9. The highest BCUT2D eigenvalue weighted by molar-refractivity contribution is 9.10. The van der Waals surface area contributed by atoms with Crippen LogP contribution < -0.4 is 5.32 Å². The van der Waals surface area contributed by atoms with Gasteiger partial charge < -0.3 is 9.88 Å². The molecule has 0 spiro atoms. The van der Waals surface area contributed by atoms with Crippen LogP contribution in [0.25, 0.3) is 0 Å². The number of aryl methyl sites for hydroxylation is 1. The van der Waals surface area contributed by atoms with Crippen molar-refractivity contribution in [2.24, 2.45) is 13.0 Å². The van der Waals surface area contributed by atoms with Gasteiger partial charge in [0.25, 0.3) is 5.91 Å².